The van der Waals surface area contributed by atoms with Crippen molar-refractivity contribution in [3.63, 3.8) is 0 Å². The molecule has 16 heavy (non-hydrogen) atoms. The summed E-state index contributed by atoms with van der Waals surface area (Å²) in [6.45, 7) is 0. The number of aldehydes is 1. The molecule has 0 saturated carbocycles. The number of pyridine rings is 1. The van der Waals surface area contributed by atoms with Crippen LogP contribution in [-0.2, 0) is 0 Å². The van der Waals surface area contributed by atoms with Gasteiger partial charge in [-0.1, -0.05) is 0 Å². The van der Waals surface area contributed by atoms with E-state index in [9.17, 15) is 23.7 Å². The third-order valence-corrected chi connectivity index (χ3v) is 1.76. The van der Waals surface area contributed by atoms with Crippen molar-refractivity contribution in [2.45, 2.75) is 6.43 Å². The topological polar surface area (TPSA) is 82.3 Å². The van der Waals surface area contributed by atoms with E-state index >= 15 is 0 Å². The number of methoxy groups -OCH3 is 1. The van der Waals surface area contributed by atoms with Crippen LogP contribution in [0.4, 0.5) is 14.5 Å². The second-order valence-corrected chi connectivity index (χ2v) is 2.66. The molecule has 0 N–H and O–H groups in total. The first kappa shape index (κ1) is 12.0. The van der Waals surface area contributed by atoms with Gasteiger partial charge in [-0.2, -0.15) is 0 Å². The summed E-state index contributed by atoms with van der Waals surface area (Å²) in [5.41, 5.74) is -2.12. The molecule has 8 heteroatoms. The number of nitrogens with zero attached hydrogens (tertiary/aromatic N) is 2. The van der Waals surface area contributed by atoms with Crippen molar-refractivity contribution >= 4 is 12.0 Å². The van der Waals surface area contributed by atoms with Crippen LogP contribution in [0.2, 0.25) is 0 Å². The maximum absolute atomic E-state index is 12.4. The highest BCUT2D eigenvalue weighted by molar-refractivity contribution is 5.79. The number of ether oxygens (including phenoxy) is 1. The molecule has 1 rings (SSSR count). The molecule has 0 aliphatic rings. The second kappa shape index (κ2) is 4.60. The summed E-state index contributed by atoms with van der Waals surface area (Å²) < 4.78 is 29.4. The van der Waals surface area contributed by atoms with Crippen molar-refractivity contribution in [2.24, 2.45) is 0 Å². The Balaban J connectivity index is 3.46. The van der Waals surface area contributed by atoms with Crippen molar-refractivity contribution in [3.8, 4) is 5.75 Å². The zero-order chi connectivity index (χ0) is 12.3. The van der Waals surface area contributed by atoms with Crippen molar-refractivity contribution < 1.29 is 23.2 Å². The summed E-state index contributed by atoms with van der Waals surface area (Å²) in [6, 6.07) is 0.748. The Morgan fingerprint density at radius 3 is 2.62 bits per heavy atom. The van der Waals surface area contributed by atoms with Crippen LogP contribution >= 0.6 is 0 Å². The minimum absolute atomic E-state index is 0.0451. The number of carbonyl (C=O) groups is 1. The summed E-state index contributed by atoms with van der Waals surface area (Å²) >= 11 is 0. The molecule has 0 amide bonds. The zero-order valence-electron chi connectivity index (χ0n) is 8.02. The molecule has 0 aliphatic heterocycles. The van der Waals surface area contributed by atoms with Crippen LogP contribution < -0.4 is 4.74 Å². The second-order valence-electron chi connectivity index (χ2n) is 2.66. The first-order chi connectivity index (χ1) is 7.51. The van der Waals surface area contributed by atoms with Crippen molar-refractivity contribution in [2.75, 3.05) is 7.11 Å². The summed E-state index contributed by atoms with van der Waals surface area (Å²) in [5.74, 6) is -0.424. The standard InChI is InChI=1S/C8H6F2N2O4/c1-16-6-2-5(12(14)15)4(3-13)11-7(6)8(9)10/h2-3,8H,1H3. The Hall–Kier alpha value is -2.12. The normalized spacial score (nSPS) is 10.2. The van der Waals surface area contributed by atoms with E-state index in [0.717, 1.165) is 13.2 Å². The largest absolute Gasteiger partial charge is 0.494 e. The van der Waals surface area contributed by atoms with Crippen molar-refractivity contribution in [3.05, 3.63) is 27.6 Å². The quantitative estimate of drug-likeness (QED) is 0.448. The summed E-state index contributed by atoms with van der Waals surface area (Å²) in [6.07, 6.45) is -2.93. The molecule has 0 unspecified atom stereocenters. The van der Waals surface area contributed by atoms with E-state index in [4.69, 9.17) is 0 Å². The van der Waals surface area contributed by atoms with Gasteiger partial charge in [-0.05, 0) is 0 Å². The molecule has 0 aliphatic carbocycles. The Bertz CT molecular complexity index is 436. The molecule has 0 bridgehead atoms. The molecular weight excluding hydrogens is 226 g/mol. The highest BCUT2D eigenvalue weighted by Gasteiger charge is 2.24. The Kier molecular flexibility index (Phi) is 3.44. The maximum atomic E-state index is 12.4. The van der Waals surface area contributed by atoms with Gasteiger partial charge in [-0.3, -0.25) is 14.9 Å². The molecule has 1 aromatic heterocycles. The first-order valence-electron chi connectivity index (χ1n) is 3.98. The van der Waals surface area contributed by atoms with Crippen molar-refractivity contribution in [1.82, 2.24) is 4.98 Å². The monoisotopic (exact) mass is 232 g/mol. The number of nitro groups is 1. The molecule has 86 valence electrons. The van der Waals surface area contributed by atoms with E-state index in [0.29, 0.717) is 0 Å². The van der Waals surface area contributed by atoms with Gasteiger partial charge in [0.2, 0.25) is 0 Å². The Morgan fingerprint density at radius 2 is 2.25 bits per heavy atom. The highest BCUT2D eigenvalue weighted by atomic mass is 19.3. The van der Waals surface area contributed by atoms with E-state index in [1.807, 2.05) is 0 Å². The number of alkyl halides is 2. The molecule has 1 heterocycles. The number of hydrogen-bond acceptors (Lipinski definition) is 5. The van der Waals surface area contributed by atoms with Gasteiger partial charge in [-0.25, -0.2) is 13.8 Å². The van der Waals surface area contributed by atoms with Gasteiger partial charge in [0.05, 0.1) is 18.1 Å². The third-order valence-electron chi connectivity index (χ3n) is 1.76. The first-order valence-corrected chi connectivity index (χ1v) is 3.98. The zero-order valence-corrected chi connectivity index (χ0v) is 8.02. The van der Waals surface area contributed by atoms with Crippen LogP contribution in [0.1, 0.15) is 22.6 Å². The van der Waals surface area contributed by atoms with Gasteiger partial charge in [0, 0.05) is 0 Å². The summed E-state index contributed by atoms with van der Waals surface area (Å²) in [5, 5.41) is 10.5. The molecule has 0 aromatic carbocycles. The van der Waals surface area contributed by atoms with Crippen LogP contribution in [0.5, 0.6) is 5.75 Å². The maximum Gasteiger partial charge on any atom is 0.301 e. The fourth-order valence-corrected chi connectivity index (χ4v) is 1.07. The molecule has 6 nitrogen and oxygen atoms in total. The number of carbonyl (C=O) groups excluding carboxylic acids is 1. The Labute approximate surface area is 88.0 Å². The van der Waals surface area contributed by atoms with E-state index in [1.165, 1.54) is 0 Å². The fourth-order valence-electron chi connectivity index (χ4n) is 1.07. The van der Waals surface area contributed by atoms with E-state index in [1.54, 1.807) is 0 Å². The van der Waals surface area contributed by atoms with Gasteiger partial charge in [-0.15, -0.1) is 0 Å². The summed E-state index contributed by atoms with van der Waals surface area (Å²) in [4.78, 5) is 23.3. The number of rotatable bonds is 4. The van der Waals surface area contributed by atoms with Gasteiger partial charge in [0.25, 0.3) is 6.43 Å². The van der Waals surface area contributed by atoms with Crippen LogP contribution in [0.3, 0.4) is 0 Å². The number of hydrogen-bond donors (Lipinski definition) is 0. The van der Waals surface area contributed by atoms with Crippen LogP contribution in [0.15, 0.2) is 6.07 Å². The van der Waals surface area contributed by atoms with E-state index in [-0.39, 0.29) is 6.29 Å². The lowest BCUT2D eigenvalue weighted by Crippen LogP contribution is -2.04. The van der Waals surface area contributed by atoms with Gasteiger partial charge < -0.3 is 4.74 Å². The lowest BCUT2D eigenvalue weighted by Gasteiger charge is -2.07. The summed E-state index contributed by atoms with van der Waals surface area (Å²) in [7, 11) is 1.08. The third kappa shape index (κ3) is 2.10. The van der Waals surface area contributed by atoms with Gasteiger partial charge in [0.1, 0.15) is 5.69 Å². The minimum atomic E-state index is -2.98. The molecule has 0 spiro atoms. The molecule has 0 saturated heterocycles. The SMILES string of the molecule is COc1cc([N+](=O)[O-])c(C=O)nc1C(F)F. The average Bonchev–Trinajstić information content (AvgIpc) is 2.26. The van der Waals surface area contributed by atoms with Crippen LogP contribution in [0, 0.1) is 10.1 Å². The lowest BCUT2D eigenvalue weighted by atomic mass is 10.2. The molecule has 0 atom stereocenters. The average molecular weight is 232 g/mol. The van der Waals surface area contributed by atoms with E-state index < -0.39 is 34.2 Å². The molecule has 0 fully saturated rings. The predicted molar refractivity (Wildman–Crippen MR) is 47.8 cm³/mol. The number of aromatic nitrogens is 1. The molecule has 0 radical (unpaired) electrons. The molecule has 1 aromatic rings. The predicted octanol–water partition coefficient (Wildman–Crippen LogP) is 1.75. The number of halogens is 2. The minimum Gasteiger partial charge on any atom is -0.494 e. The molecular formula is C8H6F2N2O4. The lowest BCUT2D eigenvalue weighted by molar-refractivity contribution is -0.385. The van der Waals surface area contributed by atoms with Gasteiger partial charge >= 0.3 is 5.69 Å². The van der Waals surface area contributed by atoms with Crippen LogP contribution in [0.25, 0.3) is 0 Å². The smallest absolute Gasteiger partial charge is 0.301 e. The van der Waals surface area contributed by atoms with Crippen molar-refractivity contribution in [1.29, 1.82) is 0 Å². The van der Waals surface area contributed by atoms with Gasteiger partial charge in [0.15, 0.2) is 17.7 Å². The van der Waals surface area contributed by atoms with Crippen LogP contribution in [-0.4, -0.2) is 23.3 Å². The van der Waals surface area contributed by atoms with E-state index in [2.05, 4.69) is 9.72 Å². The highest BCUT2D eigenvalue weighted by Crippen LogP contribution is 2.31. The fraction of sp³-hybridized carbons (Fsp3) is 0.250. The Morgan fingerprint density at radius 1 is 1.62 bits per heavy atom.